The van der Waals surface area contributed by atoms with Gasteiger partial charge >= 0.3 is 6.09 Å². The monoisotopic (exact) mass is 500 g/mol. The summed E-state index contributed by atoms with van der Waals surface area (Å²) in [7, 11) is 0. The fraction of sp³-hybridized carbons (Fsp3) is 0.185. The van der Waals surface area contributed by atoms with Gasteiger partial charge < -0.3 is 20.1 Å². The Labute approximate surface area is 212 Å². The first-order chi connectivity index (χ1) is 17.4. The Hall–Kier alpha value is -4.24. The Morgan fingerprint density at radius 2 is 1.75 bits per heavy atom. The highest BCUT2D eigenvalue weighted by atomic mass is 32.1. The van der Waals surface area contributed by atoms with Crippen LogP contribution in [0.4, 0.5) is 9.93 Å². The number of anilines is 1. The molecule has 0 saturated carbocycles. The Morgan fingerprint density at radius 3 is 2.53 bits per heavy atom. The van der Waals surface area contributed by atoms with Crippen LogP contribution in [0.1, 0.15) is 36.5 Å². The molecule has 0 spiro atoms. The molecule has 3 aromatic carbocycles. The molecule has 4 aromatic rings. The Morgan fingerprint density at radius 1 is 1.00 bits per heavy atom. The molecule has 2 N–H and O–H groups in total. The van der Waals surface area contributed by atoms with Crippen LogP contribution in [0, 0.1) is 5.41 Å². The van der Waals surface area contributed by atoms with E-state index in [2.05, 4.69) is 20.8 Å². The molecule has 36 heavy (non-hydrogen) atoms. The lowest BCUT2D eigenvalue weighted by Gasteiger charge is -2.38. The Bertz CT molecular complexity index is 1390. The van der Waals surface area contributed by atoms with Crippen molar-refractivity contribution in [2.45, 2.75) is 26.3 Å². The van der Waals surface area contributed by atoms with Crippen molar-refractivity contribution >= 4 is 28.5 Å². The number of nitrogens with one attached hydrogen (secondary N) is 2. The highest BCUT2D eigenvalue weighted by Gasteiger charge is 2.43. The van der Waals surface area contributed by atoms with E-state index >= 15 is 0 Å². The number of rotatable bonds is 6. The van der Waals surface area contributed by atoms with Gasteiger partial charge in [-0.05, 0) is 17.7 Å². The van der Waals surface area contributed by atoms with Crippen LogP contribution in [-0.2, 0) is 11.3 Å². The van der Waals surface area contributed by atoms with Crippen LogP contribution in [0.25, 0.3) is 0 Å². The number of fused-ring (bicyclic) bond motifs is 2. The van der Waals surface area contributed by atoms with Gasteiger partial charge in [0.1, 0.15) is 22.8 Å². The van der Waals surface area contributed by atoms with Crippen LogP contribution >= 0.6 is 11.3 Å². The summed E-state index contributed by atoms with van der Waals surface area (Å²) in [6.45, 7) is 4.14. The van der Waals surface area contributed by atoms with Gasteiger partial charge in [-0.3, -0.25) is 4.79 Å². The molecular weight excluding hydrogens is 476 g/mol. The maximum Gasteiger partial charge on any atom is 0.412 e. The molecule has 0 aliphatic carbocycles. The van der Waals surface area contributed by atoms with Crippen molar-refractivity contribution in [2.24, 2.45) is 5.41 Å². The van der Waals surface area contributed by atoms with Crippen LogP contribution in [0.3, 0.4) is 0 Å². The standard InChI is InChI=1S/C27H24N4O4S/c1-27(2,24(32)30-25-31-29-16-36-25)23-19-10-6-7-11-21(19)35-22-14-18(12-13-20(22)23)34-26(33)28-15-17-8-4-3-5-9-17/h3-14,16,23H,15H2,1-2H3,(H,28,33)(H,30,31,32)/t23-/m0/s1. The Kier molecular flexibility index (Phi) is 6.39. The second-order valence-corrected chi connectivity index (χ2v) is 9.75. The number of carbonyl (C=O) groups is 2. The SMILES string of the molecule is CC(C)(C(=O)Nc1nncs1)[C@H]1c2ccccc2Oc2cc(OC(=O)NCc3ccccc3)ccc21. The van der Waals surface area contributed by atoms with E-state index in [1.165, 1.54) is 11.3 Å². The van der Waals surface area contributed by atoms with Crippen molar-refractivity contribution in [3.63, 3.8) is 0 Å². The zero-order chi connectivity index (χ0) is 25.1. The molecule has 1 aliphatic heterocycles. The van der Waals surface area contributed by atoms with Gasteiger partial charge in [-0.25, -0.2) is 4.79 Å². The van der Waals surface area contributed by atoms with Crippen molar-refractivity contribution in [1.82, 2.24) is 15.5 Å². The summed E-state index contributed by atoms with van der Waals surface area (Å²) in [5.74, 6) is 1.02. The number of ether oxygens (including phenoxy) is 2. The molecule has 0 unspecified atom stereocenters. The highest BCUT2D eigenvalue weighted by molar-refractivity contribution is 7.13. The predicted octanol–water partition coefficient (Wildman–Crippen LogP) is 5.73. The maximum atomic E-state index is 13.4. The topological polar surface area (TPSA) is 102 Å². The van der Waals surface area contributed by atoms with Crippen LogP contribution in [-0.4, -0.2) is 22.2 Å². The van der Waals surface area contributed by atoms with Gasteiger partial charge in [0.05, 0.1) is 5.41 Å². The number of benzene rings is 3. The average Bonchev–Trinajstić information content (AvgIpc) is 3.39. The van der Waals surface area contributed by atoms with Gasteiger partial charge in [0.15, 0.2) is 0 Å². The zero-order valence-electron chi connectivity index (χ0n) is 19.7. The van der Waals surface area contributed by atoms with Gasteiger partial charge in [0.25, 0.3) is 0 Å². The van der Waals surface area contributed by atoms with Gasteiger partial charge in [-0.15, -0.1) is 10.2 Å². The lowest BCUT2D eigenvalue weighted by molar-refractivity contribution is -0.124. The fourth-order valence-electron chi connectivity index (χ4n) is 4.31. The van der Waals surface area contributed by atoms with E-state index in [-0.39, 0.29) is 11.8 Å². The molecule has 9 heteroatoms. The summed E-state index contributed by atoms with van der Waals surface area (Å²) < 4.78 is 11.7. The molecule has 0 saturated heterocycles. The molecule has 182 valence electrons. The van der Waals surface area contributed by atoms with E-state index in [0.29, 0.717) is 28.9 Å². The van der Waals surface area contributed by atoms with Crippen molar-refractivity contribution < 1.29 is 19.1 Å². The van der Waals surface area contributed by atoms with E-state index in [1.54, 1.807) is 17.6 Å². The minimum absolute atomic E-state index is 0.187. The third-order valence-corrected chi connectivity index (χ3v) is 6.73. The van der Waals surface area contributed by atoms with Gasteiger partial charge in [0, 0.05) is 29.7 Å². The largest absolute Gasteiger partial charge is 0.457 e. The van der Waals surface area contributed by atoms with Crippen LogP contribution in [0.5, 0.6) is 17.2 Å². The molecule has 1 atom stereocenters. The summed E-state index contributed by atoms with van der Waals surface area (Å²) in [5.41, 5.74) is 3.39. The van der Waals surface area contributed by atoms with Crippen molar-refractivity contribution in [2.75, 3.05) is 5.32 Å². The lowest BCUT2D eigenvalue weighted by atomic mass is 9.69. The van der Waals surface area contributed by atoms with Crippen LogP contribution < -0.4 is 20.1 Å². The number of hydrogen-bond donors (Lipinski definition) is 2. The number of nitrogens with zero attached hydrogens (tertiary/aromatic N) is 2. The quantitative estimate of drug-likeness (QED) is 0.351. The number of carbonyl (C=O) groups excluding carboxylic acids is 2. The van der Waals surface area contributed by atoms with Crippen molar-refractivity contribution in [3.05, 3.63) is 95.0 Å². The zero-order valence-corrected chi connectivity index (χ0v) is 20.5. The minimum Gasteiger partial charge on any atom is -0.457 e. The van der Waals surface area contributed by atoms with Gasteiger partial charge in [-0.1, -0.05) is 79.8 Å². The summed E-state index contributed by atoms with van der Waals surface area (Å²) in [4.78, 5) is 25.7. The molecule has 0 fully saturated rings. The number of aromatic nitrogens is 2. The summed E-state index contributed by atoms with van der Waals surface area (Å²) >= 11 is 1.26. The normalized spacial score (nSPS) is 14.1. The van der Waals surface area contributed by atoms with Crippen LogP contribution in [0.2, 0.25) is 0 Å². The highest BCUT2D eigenvalue weighted by Crippen LogP contribution is 2.52. The van der Waals surface area contributed by atoms with Crippen molar-refractivity contribution in [3.8, 4) is 17.2 Å². The third kappa shape index (κ3) is 4.78. The average molecular weight is 501 g/mol. The summed E-state index contributed by atoms with van der Waals surface area (Å²) in [6.07, 6.45) is -0.566. The molecule has 2 amide bonds. The molecule has 8 nitrogen and oxygen atoms in total. The first-order valence-corrected chi connectivity index (χ1v) is 12.3. The molecule has 0 radical (unpaired) electrons. The summed E-state index contributed by atoms with van der Waals surface area (Å²) in [6, 6.07) is 22.5. The molecule has 2 heterocycles. The molecule has 1 aliphatic rings. The molecule has 1 aromatic heterocycles. The first kappa shape index (κ1) is 23.5. The number of hydrogen-bond acceptors (Lipinski definition) is 7. The van der Waals surface area contributed by atoms with Crippen LogP contribution in [0.15, 0.2) is 78.3 Å². The summed E-state index contributed by atoms with van der Waals surface area (Å²) in [5, 5.41) is 13.8. The molecule has 5 rings (SSSR count). The van der Waals surface area contributed by atoms with Crippen molar-refractivity contribution in [1.29, 1.82) is 0 Å². The van der Waals surface area contributed by atoms with Gasteiger partial charge in [-0.2, -0.15) is 0 Å². The maximum absolute atomic E-state index is 13.4. The predicted molar refractivity (Wildman–Crippen MR) is 136 cm³/mol. The minimum atomic E-state index is -0.865. The lowest BCUT2D eigenvalue weighted by Crippen LogP contribution is -2.38. The van der Waals surface area contributed by atoms with E-state index in [1.807, 2.05) is 74.5 Å². The second-order valence-electron chi connectivity index (χ2n) is 8.92. The number of para-hydroxylation sites is 1. The number of amides is 2. The van der Waals surface area contributed by atoms with E-state index in [4.69, 9.17) is 9.47 Å². The van der Waals surface area contributed by atoms with E-state index in [9.17, 15) is 9.59 Å². The first-order valence-electron chi connectivity index (χ1n) is 11.4. The molecular formula is C27H24N4O4S. The smallest absolute Gasteiger partial charge is 0.412 e. The fourth-order valence-corrected chi connectivity index (χ4v) is 4.75. The second kappa shape index (κ2) is 9.79. The molecule has 0 bridgehead atoms. The van der Waals surface area contributed by atoms with E-state index < -0.39 is 11.5 Å². The third-order valence-electron chi connectivity index (χ3n) is 6.12. The van der Waals surface area contributed by atoms with E-state index in [0.717, 1.165) is 16.7 Å². The Balaban J connectivity index is 1.40. The van der Waals surface area contributed by atoms with Gasteiger partial charge in [0.2, 0.25) is 11.0 Å².